The molecule has 13 fully saturated rings. The van der Waals surface area contributed by atoms with Crippen molar-refractivity contribution in [3.05, 3.63) is 11.6 Å². The van der Waals surface area contributed by atoms with Gasteiger partial charge in [-0.15, -0.1) is 0 Å². The van der Waals surface area contributed by atoms with Crippen LogP contribution in [0, 0.1) is 147 Å². The third-order valence-corrected chi connectivity index (χ3v) is 21.8. The fourth-order valence-corrected chi connectivity index (χ4v) is 22.1. The van der Waals surface area contributed by atoms with Crippen molar-refractivity contribution in [3.8, 4) is 0 Å². The minimum atomic E-state index is -0.473. The van der Waals surface area contributed by atoms with E-state index in [2.05, 4.69) is 51.1 Å². The Balaban J connectivity index is 0.755. The average molecular weight is 553 g/mol. The van der Waals surface area contributed by atoms with E-state index in [1.807, 2.05) is 0 Å². The first-order valence-electron chi connectivity index (χ1n) is 18.4. The Bertz CT molecular complexity index is 1380. The molecule has 0 aromatic rings. The second-order valence-corrected chi connectivity index (χ2v) is 21.6. The molecule has 2 heteroatoms. The maximum Gasteiger partial charge on any atom is 0.0625 e. The molecular weight excluding hydrogens is 504 g/mol. The lowest BCUT2D eigenvalue weighted by Gasteiger charge is -2.81. The van der Waals surface area contributed by atoms with E-state index in [-0.39, 0.29) is 0 Å². The second kappa shape index (κ2) is 5.76. The zero-order valence-corrected chi connectivity index (χ0v) is 25.6. The van der Waals surface area contributed by atoms with Gasteiger partial charge in [0.15, 0.2) is 0 Å². The van der Waals surface area contributed by atoms with Gasteiger partial charge in [0.05, 0.1) is 5.60 Å². The molecule has 0 bridgehead atoms. The van der Waals surface area contributed by atoms with Gasteiger partial charge in [-0.05, 0) is 187 Å². The summed E-state index contributed by atoms with van der Waals surface area (Å²) in [6, 6.07) is 0. The molecule has 14 aliphatic rings. The Hall–Kier alpha value is 0.0500. The summed E-state index contributed by atoms with van der Waals surface area (Å²) in [4.78, 5) is 0. The lowest BCUT2D eigenvalue weighted by molar-refractivity contribution is -0.322. The Morgan fingerprint density at radius 3 is 2.27 bits per heavy atom. The maximum absolute atomic E-state index is 11.0. The summed E-state index contributed by atoms with van der Waals surface area (Å²) in [6.45, 7) is 9.61. The highest BCUT2D eigenvalue weighted by Gasteiger charge is 2.89. The number of allylic oxidation sites excluding steroid dienone is 2. The zero-order valence-electron chi connectivity index (χ0n) is 24.8. The summed E-state index contributed by atoms with van der Waals surface area (Å²) in [5.74, 6) is 25.7. The van der Waals surface area contributed by atoms with Crippen LogP contribution < -0.4 is 0 Å². The molecule has 1 saturated heterocycles. The first-order valence-corrected chi connectivity index (χ1v) is 19.3. The van der Waals surface area contributed by atoms with Crippen LogP contribution >= 0.6 is 11.8 Å². The molecule has 0 radical (unpaired) electrons. The van der Waals surface area contributed by atoms with E-state index in [0.717, 1.165) is 117 Å². The van der Waals surface area contributed by atoms with E-state index in [1.54, 1.807) is 19.3 Å². The van der Waals surface area contributed by atoms with E-state index in [1.165, 1.54) is 41.9 Å². The molecule has 0 amide bonds. The summed E-state index contributed by atoms with van der Waals surface area (Å²) in [5, 5.41) is 13.2. The van der Waals surface area contributed by atoms with Crippen LogP contribution in [0.3, 0.4) is 0 Å². The minimum absolute atomic E-state index is 0.473. The van der Waals surface area contributed by atoms with Crippen LogP contribution in [0.15, 0.2) is 11.6 Å². The van der Waals surface area contributed by atoms with Crippen LogP contribution in [0.5, 0.6) is 0 Å². The highest BCUT2D eigenvalue weighted by atomic mass is 32.2. The number of aliphatic hydroxyl groups is 1. The van der Waals surface area contributed by atoms with E-state index in [4.69, 9.17) is 0 Å². The lowest BCUT2D eigenvalue weighted by atomic mass is 9.23. The van der Waals surface area contributed by atoms with E-state index < -0.39 is 5.60 Å². The minimum Gasteiger partial charge on any atom is -0.390 e. The van der Waals surface area contributed by atoms with Gasteiger partial charge in [-0.2, -0.15) is 11.8 Å². The van der Waals surface area contributed by atoms with Crippen LogP contribution in [-0.4, -0.2) is 21.2 Å². The third-order valence-electron chi connectivity index (χ3n) is 20.4. The Labute approximate surface area is 244 Å². The molecule has 0 aromatic heterocycles. The first kappa shape index (κ1) is 21.7. The monoisotopic (exact) mass is 552 g/mol. The van der Waals surface area contributed by atoms with Crippen LogP contribution in [0.25, 0.3) is 0 Å². The SMILES string of the molecule is CC1C2C3CC4C(C3CC2C1C(C)(C)O)C1(C)C4C2CC3C4C5C6C(=CC7C8C9CC%10SC%10C9C8C76)C5C4C3C21. The molecule has 27 unspecified atom stereocenters. The number of rotatable bonds is 1. The number of fused-ring (bicyclic) bond motifs is 32. The molecule has 212 valence electrons. The summed E-state index contributed by atoms with van der Waals surface area (Å²) in [5.41, 5.74) is 2.34. The summed E-state index contributed by atoms with van der Waals surface area (Å²) in [7, 11) is 0. The Kier molecular flexibility index (Phi) is 3.13. The molecule has 1 nitrogen and oxygen atoms in total. The summed E-state index contributed by atoms with van der Waals surface area (Å²) in [6.07, 6.45) is 9.37. The van der Waals surface area contributed by atoms with Crippen molar-refractivity contribution in [2.24, 2.45) is 147 Å². The third kappa shape index (κ3) is 1.72. The summed E-state index contributed by atoms with van der Waals surface area (Å²) < 4.78 is 0. The van der Waals surface area contributed by atoms with Crippen molar-refractivity contribution in [2.75, 3.05) is 0 Å². The number of thioether (sulfide) groups is 1. The highest BCUT2D eigenvalue weighted by molar-refractivity contribution is 8.07. The Morgan fingerprint density at radius 2 is 1.43 bits per heavy atom. The van der Waals surface area contributed by atoms with E-state index in [0.29, 0.717) is 5.92 Å². The van der Waals surface area contributed by atoms with Gasteiger partial charge in [-0.25, -0.2) is 0 Å². The van der Waals surface area contributed by atoms with Gasteiger partial charge in [0.2, 0.25) is 0 Å². The van der Waals surface area contributed by atoms with Crippen LogP contribution in [0.1, 0.15) is 53.4 Å². The normalized spacial score (nSPS) is 80.9. The largest absolute Gasteiger partial charge is 0.390 e. The molecular formula is C38H48OS. The van der Waals surface area contributed by atoms with Crippen molar-refractivity contribution in [1.29, 1.82) is 0 Å². The van der Waals surface area contributed by atoms with Gasteiger partial charge >= 0.3 is 0 Å². The molecule has 0 aromatic carbocycles. The van der Waals surface area contributed by atoms with Gasteiger partial charge < -0.3 is 5.11 Å². The molecule has 40 heavy (non-hydrogen) atoms. The van der Waals surface area contributed by atoms with Gasteiger partial charge in [0, 0.05) is 10.5 Å². The quantitative estimate of drug-likeness (QED) is 0.221. The maximum atomic E-state index is 11.0. The van der Waals surface area contributed by atoms with Crippen LogP contribution in [-0.2, 0) is 0 Å². The molecule has 14 rings (SSSR count). The Morgan fingerprint density at radius 1 is 0.700 bits per heavy atom. The molecule has 0 spiro atoms. The second-order valence-electron chi connectivity index (χ2n) is 20.2. The smallest absolute Gasteiger partial charge is 0.0625 e. The fraction of sp³-hybridized carbons (Fsp3) is 0.947. The number of hydrogen-bond donors (Lipinski definition) is 1. The topological polar surface area (TPSA) is 20.2 Å². The molecule has 12 saturated carbocycles. The van der Waals surface area contributed by atoms with Gasteiger partial charge in [-0.1, -0.05) is 25.5 Å². The molecule has 13 aliphatic carbocycles. The lowest BCUT2D eigenvalue weighted by Crippen LogP contribution is -2.77. The molecule has 1 heterocycles. The van der Waals surface area contributed by atoms with Crippen LogP contribution in [0.4, 0.5) is 0 Å². The fourth-order valence-electron chi connectivity index (χ4n) is 20.6. The zero-order chi connectivity index (χ0) is 25.8. The van der Waals surface area contributed by atoms with Crippen molar-refractivity contribution in [2.45, 2.75) is 69.5 Å². The van der Waals surface area contributed by atoms with Crippen molar-refractivity contribution >= 4 is 11.8 Å². The molecule has 1 N–H and O–H groups in total. The van der Waals surface area contributed by atoms with Crippen molar-refractivity contribution in [1.82, 2.24) is 0 Å². The average Bonchev–Trinajstić information content (AvgIpc) is 3.06. The van der Waals surface area contributed by atoms with Gasteiger partial charge in [0.1, 0.15) is 0 Å². The van der Waals surface area contributed by atoms with Gasteiger partial charge in [-0.3, -0.25) is 0 Å². The van der Waals surface area contributed by atoms with Crippen molar-refractivity contribution in [3.63, 3.8) is 0 Å². The van der Waals surface area contributed by atoms with E-state index >= 15 is 0 Å². The van der Waals surface area contributed by atoms with E-state index in [9.17, 15) is 5.11 Å². The van der Waals surface area contributed by atoms with Crippen LogP contribution in [0.2, 0.25) is 0 Å². The molecule has 27 atom stereocenters. The highest BCUT2D eigenvalue weighted by Crippen LogP contribution is 2.93. The number of hydrogen-bond acceptors (Lipinski definition) is 2. The predicted molar refractivity (Wildman–Crippen MR) is 156 cm³/mol. The standard InChI is InChI=1S/C38H48OS/c1-10-21-11-5-18-33(12(11)6-17(21)32(10)37(2,3)39)38(4)34(18)19-8-15-26-30-24-14(25(30)31(26)27(15)35(19)38)7-13-22-16-9-20-36(40-20)28(16)29(22)23(13)24/h7,10-13,15-36,39H,5-6,8-9H2,1-4H3. The van der Waals surface area contributed by atoms with Crippen molar-refractivity contribution < 1.29 is 5.11 Å². The van der Waals surface area contributed by atoms with Gasteiger partial charge in [0.25, 0.3) is 0 Å². The predicted octanol–water partition coefficient (Wildman–Crippen LogP) is 6.72. The summed E-state index contributed by atoms with van der Waals surface area (Å²) >= 11 is 2.38. The first-order chi connectivity index (χ1) is 19.3. The molecule has 1 aliphatic heterocycles.